The number of rotatable bonds is 5. The first-order chi connectivity index (χ1) is 10.9. The minimum atomic E-state index is -0.643. The number of fused-ring (bicyclic) bond motifs is 1. The monoisotopic (exact) mass is 307 g/mol. The summed E-state index contributed by atoms with van der Waals surface area (Å²) in [5.74, 6) is 0.885. The highest BCUT2D eigenvalue weighted by Gasteiger charge is 2.43. The summed E-state index contributed by atoms with van der Waals surface area (Å²) in [7, 11) is -0.643. The largest absolute Gasteiger partial charge is 0.370 e. The second kappa shape index (κ2) is 6.39. The maximum Gasteiger partial charge on any atom is 0.121 e. The maximum absolute atomic E-state index is 5.69. The van der Waals surface area contributed by atoms with Gasteiger partial charge in [-0.1, -0.05) is 83.5 Å². The van der Waals surface area contributed by atoms with Crippen molar-refractivity contribution in [2.75, 3.05) is 0 Å². The van der Waals surface area contributed by atoms with E-state index in [2.05, 4.69) is 60.7 Å². The van der Waals surface area contributed by atoms with Gasteiger partial charge in [-0.3, -0.25) is 0 Å². The molecule has 1 nitrogen and oxygen atoms in total. The Morgan fingerprint density at radius 1 is 0.818 bits per heavy atom. The summed E-state index contributed by atoms with van der Waals surface area (Å²) in [5, 5.41) is 3.10. The van der Waals surface area contributed by atoms with E-state index in [1.54, 1.807) is 10.4 Å². The fourth-order valence-electron chi connectivity index (χ4n) is 3.83. The predicted molar refractivity (Wildman–Crippen MR) is 93.3 cm³/mol. The minimum absolute atomic E-state index is 0.614. The molecule has 3 atom stereocenters. The van der Waals surface area contributed by atoms with Crippen LogP contribution in [0.15, 0.2) is 60.7 Å². The molecule has 4 rings (SSSR count). The van der Waals surface area contributed by atoms with Crippen molar-refractivity contribution in [3.8, 4) is 0 Å². The van der Waals surface area contributed by atoms with Gasteiger partial charge in [0.15, 0.2) is 0 Å². The van der Waals surface area contributed by atoms with Gasteiger partial charge in [0.1, 0.15) is 8.80 Å². The van der Waals surface area contributed by atoms with Crippen LogP contribution >= 0.6 is 0 Å². The smallest absolute Gasteiger partial charge is 0.121 e. The quantitative estimate of drug-likeness (QED) is 0.610. The normalized spacial score (nSPS) is 26.7. The number of benzene rings is 2. The van der Waals surface area contributed by atoms with E-state index < -0.39 is 8.80 Å². The Kier molecular flexibility index (Phi) is 4.13. The first kappa shape index (κ1) is 14.2. The highest BCUT2D eigenvalue weighted by Crippen LogP contribution is 2.41. The Morgan fingerprint density at radius 3 is 2.05 bits per heavy atom. The number of ether oxygens (including phenoxy) is 1. The Labute approximate surface area is 134 Å². The van der Waals surface area contributed by atoms with Gasteiger partial charge in [-0.2, -0.15) is 0 Å². The molecule has 0 amide bonds. The first-order valence-corrected chi connectivity index (χ1v) is 10.2. The zero-order valence-electron chi connectivity index (χ0n) is 12.9. The van der Waals surface area contributed by atoms with E-state index in [9.17, 15) is 0 Å². The third kappa shape index (κ3) is 3.18. The first-order valence-electron chi connectivity index (χ1n) is 8.52. The molecule has 1 aliphatic heterocycles. The molecule has 113 valence electrons. The Balaban J connectivity index is 1.48. The topological polar surface area (TPSA) is 12.5 Å². The molecule has 1 saturated carbocycles. The summed E-state index contributed by atoms with van der Waals surface area (Å²) in [6.45, 7) is 0. The SMILES string of the molecule is c1ccc([Si](CCC2CCC3OC3C2)c2ccccc2)cc1. The molecule has 1 aliphatic carbocycles. The number of epoxide rings is 1. The van der Waals surface area contributed by atoms with Crippen molar-refractivity contribution in [1.29, 1.82) is 0 Å². The number of hydrogen-bond donors (Lipinski definition) is 0. The summed E-state index contributed by atoms with van der Waals surface area (Å²) in [5.41, 5.74) is 0. The molecule has 2 aliphatic rings. The molecule has 0 bridgehead atoms. The minimum Gasteiger partial charge on any atom is -0.370 e. The summed E-state index contributed by atoms with van der Waals surface area (Å²) in [6, 6.07) is 23.6. The molecule has 0 spiro atoms. The van der Waals surface area contributed by atoms with Crippen LogP contribution in [0.5, 0.6) is 0 Å². The van der Waals surface area contributed by atoms with E-state index in [1.165, 1.54) is 31.7 Å². The van der Waals surface area contributed by atoms with Gasteiger partial charge in [-0.25, -0.2) is 0 Å². The van der Waals surface area contributed by atoms with Crippen LogP contribution in [0.4, 0.5) is 0 Å². The van der Waals surface area contributed by atoms with E-state index in [1.807, 2.05) is 0 Å². The Hall–Kier alpha value is -1.38. The van der Waals surface area contributed by atoms with Gasteiger partial charge in [0.05, 0.1) is 12.2 Å². The summed E-state index contributed by atoms with van der Waals surface area (Å²) in [6.07, 6.45) is 6.59. The second-order valence-electron chi connectivity index (χ2n) is 6.64. The van der Waals surface area contributed by atoms with Crippen molar-refractivity contribution >= 4 is 19.2 Å². The highest BCUT2D eigenvalue weighted by molar-refractivity contribution is 6.85. The summed E-state index contributed by atoms with van der Waals surface area (Å²) >= 11 is 0. The maximum atomic E-state index is 5.69. The van der Waals surface area contributed by atoms with Gasteiger partial charge in [0.25, 0.3) is 0 Å². The van der Waals surface area contributed by atoms with Crippen molar-refractivity contribution < 1.29 is 4.74 Å². The zero-order valence-corrected chi connectivity index (χ0v) is 13.9. The highest BCUT2D eigenvalue weighted by atomic mass is 28.3. The van der Waals surface area contributed by atoms with Crippen LogP contribution < -0.4 is 10.4 Å². The van der Waals surface area contributed by atoms with Gasteiger partial charge in [-0.05, 0) is 25.2 Å². The van der Waals surface area contributed by atoms with Crippen LogP contribution in [0.2, 0.25) is 6.04 Å². The summed E-state index contributed by atoms with van der Waals surface area (Å²) in [4.78, 5) is 0. The molecule has 2 aromatic rings. The van der Waals surface area contributed by atoms with Crippen molar-refractivity contribution in [3.05, 3.63) is 60.7 Å². The van der Waals surface area contributed by atoms with Crippen LogP contribution in [0, 0.1) is 5.92 Å². The standard InChI is InChI=1S/C20H23OSi/c1-3-7-17(8-4-1)22(18-9-5-2-6-10-18)14-13-16-11-12-19-20(15-16)21-19/h1-10,16,19-20H,11-15H2. The lowest BCUT2D eigenvalue weighted by Crippen LogP contribution is -2.42. The van der Waals surface area contributed by atoms with Crippen molar-refractivity contribution in [1.82, 2.24) is 0 Å². The van der Waals surface area contributed by atoms with E-state index >= 15 is 0 Å². The van der Waals surface area contributed by atoms with Gasteiger partial charge in [0, 0.05) is 0 Å². The third-order valence-corrected chi connectivity index (χ3v) is 8.01. The summed E-state index contributed by atoms with van der Waals surface area (Å²) < 4.78 is 5.69. The van der Waals surface area contributed by atoms with Crippen molar-refractivity contribution in [2.45, 2.75) is 43.9 Å². The molecule has 3 unspecified atom stereocenters. The molecule has 1 radical (unpaired) electrons. The van der Waals surface area contributed by atoms with Crippen LogP contribution in [0.25, 0.3) is 0 Å². The Bertz CT molecular complexity index is 558. The van der Waals surface area contributed by atoms with Gasteiger partial charge < -0.3 is 4.74 Å². The molecule has 1 saturated heterocycles. The lowest BCUT2D eigenvalue weighted by Gasteiger charge is -2.22. The molecule has 0 N–H and O–H groups in total. The zero-order chi connectivity index (χ0) is 14.8. The molecule has 22 heavy (non-hydrogen) atoms. The molecule has 2 heteroatoms. The van der Waals surface area contributed by atoms with Crippen LogP contribution in [0.1, 0.15) is 25.7 Å². The van der Waals surface area contributed by atoms with Crippen LogP contribution in [0.3, 0.4) is 0 Å². The third-order valence-electron chi connectivity index (χ3n) is 5.16. The average Bonchev–Trinajstić information content (AvgIpc) is 3.36. The predicted octanol–water partition coefficient (Wildman–Crippen LogP) is 3.25. The fraction of sp³-hybridized carbons (Fsp3) is 0.400. The van der Waals surface area contributed by atoms with Crippen molar-refractivity contribution in [2.24, 2.45) is 5.92 Å². The molecule has 2 fully saturated rings. The van der Waals surface area contributed by atoms with E-state index in [0.717, 1.165) is 5.92 Å². The van der Waals surface area contributed by atoms with Crippen LogP contribution in [-0.4, -0.2) is 21.0 Å². The van der Waals surface area contributed by atoms with Crippen molar-refractivity contribution in [3.63, 3.8) is 0 Å². The Morgan fingerprint density at radius 2 is 1.45 bits per heavy atom. The molecule has 1 heterocycles. The molecular weight excluding hydrogens is 284 g/mol. The molecule has 0 aromatic heterocycles. The lowest BCUT2D eigenvalue weighted by molar-refractivity contribution is 0.357. The van der Waals surface area contributed by atoms with Gasteiger partial charge in [0.2, 0.25) is 0 Å². The van der Waals surface area contributed by atoms with E-state index in [4.69, 9.17) is 4.74 Å². The number of hydrogen-bond acceptors (Lipinski definition) is 1. The lowest BCUT2D eigenvalue weighted by atomic mass is 9.88. The van der Waals surface area contributed by atoms with E-state index in [-0.39, 0.29) is 0 Å². The van der Waals surface area contributed by atoms with Gasteiger partial charge in [-0.15, -0.1) is 0 Å². The molecular formula is C20H23OSi. The average molecular weight is 307 g/mol. The van der Waals surface area contributed by atoms with E-state index in [0.29, 0.717) is 12.2 Å². The van der Waals surface area contributed by atoms with Gasteiger partial charge >= 0.3 is 0 Å². The fourth-order valence-corrected chi connectivity index (χ4v) is 6.63. The van der Waals surface area contributed by atoms with Crippen LogP contribution in [-0.2, 0) is 4.74 Å². The molecule has 2 aromatic carbocycles. The second-order valence-corrected chi connectivity index (χ2v) is 9.25.